The summed E-state index contributed by atoms with van der Waals surface area (Å²) in [5, 5.41) is 8.88. The van der Waals surface area contributed by atoms with Gasteiger partial charge in [-0.15, -0.1) is 0 Å². The van der Waals surface area contributed by atoms with E-state index < -0.39 is 17.9 Å². The van der Waals surface area contributed by atoms with Crippen LogP contribution in [0.3, 0.4) is 0 Å². The molecule has 0 aliphatic rings. The molecule has 1 aromatic carbocycles. The molecule has 1 atom stereocenters. The van der Waals surface area contributed by atoms with Crippen LogP contribution in [0.4, 0.5) is 10.1 Å². The molecule has 4 nitrogen and oxygen atoms in total. The Hall–Kier alpha value is -1.62. The van der Waals surface area contributed by atoms with Gasteiger partial charge in [0.05, 0.1) is 11.7 Å². The van der Waals surface area contributed by atoms with E-state index in [1.807, 2.05) is 0 Å². The number of esters is 1. The van der Waals surface area contributed by atoms with Crippen LogP contribution in [0.5, 0.6) is 0 Å². The number of carbonyl (C=O) groups is 1. The fourth-order valence-corrected chi connectivity index (χ4v) is 0.973. The van der Waals surface area contributed by atoms with Crippen molar-refractivity contribution in [2.24, 2.45) is 0 Å². The van der Waals surface area contributed by atoms with Crippen LogP contribution in [0.25, 0.3) is 0 Å². The van der Waals surface area contributed by atoms with Crippen LogP contribution in [0.2, 0.25) is 0 Å². The predicted octanol–water partition coefficient (Wildman–Crippen LogP) is 0.946. The van der Waals surface area contributed by atoms with Gasteiger partial charge in [-0.25, -0.2) is 9.18 Å². The zero-order valence-electron chi connectivity index (χ0n) is 8.24. The summed E-state index contributed by atoms with van der Waals surface area (Å²) in [5.41, 5.74) is 5.45. The van der Waals surface area contributed by atoms with E-state index in [-0.39, 0.29) is 17.9 Å². The Morgan fingerprint density at radius 1 is 1.67 bits per heavy atom. The molecule has 0 aromatic heterocycles. The first-order valence-electron chi connectivity index (χ1n) is 4.41. The monoisotopic (exact) mass is 213 g/mol. The van der Waals surface area contributed by atoms with Crippen LogP contribution in [0.15, 0.2) is 18.2 Å². The lowest BCUT2D eigenvalue weighted by atomic mass is 10.2. The van der Waals surface area contributed by atoms with Gasteiger partial charge in [0, 0.05) is 5.69 Å². The summed E-state index contributed by atoms with van der Waals surface area (Å²) in [7, 11) is 0. The smallest absolute Gasteiger partial charge is 0.341 e. The maximum atomic E-state index is 13.1. The second-order valence-electron chi connectivity index (χ2n) is 3.19. The Morgan fingerprint density at radius 2 is 2.33 bits per heavy atom. The Balaban J connectivity index is 2.77. The van der Waals surface area contributed by atoms with E-state index in [1.54, 1.807) is 0 Å². The number of anilines is 1. The number of benzene rings is 1. The third-order valence-corrected chi connectivity index (χ3v) is 1.67. The number of nitrogen functional groups attached to an aromatic ring is 1. The van der Waals surface area contributed by atoms with Gasteiger partial charge in [-0.3, -0.25) is 0 Å². The van der Waals surface area contributed by atoms with Crippen LogP contribution < -0.4 is 5.73 Å². The molecular weight excluding hydrogens is 201 g/mol. The summed E-state index contributed by atoms with van der Waals surface area (Å²) < 4.78 is 17.8. The molecule has 0 saturated heterocycles. The van der Waals surface area contributed by atoms with Gasteiger partial charge in [0.15, 0.2) is 0 Å². The van der Waals surface area contributed by atoms with E-state index in [1.165, 1.54) is 19.1 Å². The summed E-state index contributed by atoms with van der Waals surface area (Å²) in [6.07, 6.45) is -0.780. The van der Waals surface area contributed by atoms with Crippen LogP contribution in [0.1, 0.15) is 17.3 Å². The third-order valence-electron chi connectivity index (χ3n) is 1.67. The van der Waals surface area contributed by atoms with E-state index in [2.05, 4.69) is 4.74 Å². The number of ether oxygens (including phenoxy) is 1. The molecule has 1 unspecified atom stereocenters. The second kappa shape index (κ2) is 4.75. The quantitative estimate of drug-likeness (QED) is 0.579. The van der Waals surface area contributed by atoms with Gasteiger partial charge in [0.2, 0.25) is 0 Å². The maximum absolute atomic E-state index is 13.1. The standard InChI is InChI=1S/C10H12FNO3/c1-6(13)5-15-10(14)8-4-7(12)2-3-9(8)11/h2-4,6,13H,5,12H2,1H3. The lowest BCUT2D eigenvalue weighted by Crippen LogP contribution is -2.16. The van der Waals surface area contributed by atoms with Crippen molar-refractivity contribution in [3.63, 3.8) is 0 Å². The number of halogens is 1. The molecule has 1 rings (SSSR count). The minimum absolute atomic E-state index is 0.174. The van der Waals surface area contributed by atoms with Crippen molar-refractivity contribution in [1.29, 1.82) is 0 Å². The average Bonchev–Trinajstić information content (AvgIpc) is 2.18. The first-order chi connectivity index (χ1) is 7.00. The summed E-state index contributed by atoms with van der Waals surface area (Å²) in [4.78, 5) is 11.3. The predicted molar refractivity (Wildman–Crippen MR) is 52.8 cm³/mol. The molecule has 0 bridgehead atoms. The molecule has 0 aliphatic heterocycles. The Morgan fingerprint density at radius 3 is 2.93 bits per heavy atom. The molecule has 15 heavy (non-hydrogen) atoms. The fourth-order valence-electron chi connectivity index (χ4n) is 0.973. The van der Waals surface area contributed by atoms with Crippen molar-refractivity contribution in [3.05, 3.63) is 29.6 Å². The lowest BCUT2D eigenvalue weighted by Gasteiger charge is -2.07. The molecule has 0 amide bonds. The van der Waals surface area contributed by atoms with Crippen LogP contribution >= 0.6 is 0 Å². The number of aliphatic hydroxyl groups excluding tert-OH is 1. The molecule has 5 heteroatoms. The number of aliphatic hydroxyl groups is 1. The summed E-state index contributed by atoms with van der Waals surface area (Å²) in [5.74, 6) is -1.53. The van der Waals surface area contributed by atoms with Gasteiger partial charge >= 0.3 is 5.97 Å². The molecule has 0 fully saturated rings. The molecule has 0 aliphatic carbocycles. The Bertz CT molecular complexity index is 366. The Kier molecular flexibility index (Phi) is 3.62. The number of nitrogens with two attached hydrogens (primary N) is 1. The van der Waals surface area contributed by atoms with Crippen LogP contribution in [-0.2, 0) is 4.74 Å². The van der Waals surface area contributed by atoms with Gasteiger partial charge in [-0.05, 0) is 25.1 Å². The van der Waals surface area contributed by atoms with Crippen molar-refractivity contribution in [1.82, 2.24) is 0 Å². The number of rotatable bonds is 3. The maximum Gasteiger partial charge on any atom is 0.341 e. The van der Waals surface area contributed by atoms with Gasteiger partial charge < -0.3 is 15.6 Å². The van der Waals surface area contributed by atoms with E-state index >= 15 is 0 Å². The molecule has 3 N–H and O–H groups in total. The van der Waals surface area contributed by atoms with Crippen molar-refractivity contribution < 1.29 is 19.0 Å². The van der Waals surface area contributed by atoms with E-state index in [0.29, 0.717) is 0 Å². The second-order valence-corrected chi connectivity index (χ2v) is 3.19. The number of hydrogen-bond acceptors (Lipinski definition) is 4. The Labute approximate surface area is 86.5 Å². The van der Waals surface area contributed by atoms with Crippen LogP contribution in [0, 0.1) is 5.82 Å². The van der Waals surface area contributed by atoms with Gasteiger partial charge in [-0.1, -0.05) is 0 Å². The van der Waals surface area contributed by atoms with Crippen molar-refractivity contribution in [3.8, 4) is 0 Å². The number of hydrogen-bond donors (Lipinski definition) is 2. The number of carbonyl (C=O) groups excluding carboxylic acids is 1. The highest BCUT2D eigenvalue weighted by Gasteiger charge is 2.14. The van der Waals surface area contributed by atoms with Gasteiger partial charge in [-0.2, -0.15) is 0 Å². The highest BCUT2D eigenvalue weighted by molar-refractivity contribution is 5.90. The molecule has 0 spiro atoms. The summed E-state index contributed by atoms with van der Waals surface area (Å²) in [6, 6.07) is 3.63. The van der Waals surface area contributed by atoms with Crippen molar-refractivity contribution >= 4 is 11.7 Å². The average molecular weight is 213 g/mol. The van der Waals surface area contributed by atoms with Crippen molar-refractivity contribution in [2.45, 2.75) is 13.0 Å². The zero-order chi connectivity index (χ0) is 11.4. The summed E-state index contributed by atoms with van der Waals surface area (Å²) in [6.45, 7) is 1.29. The highest BCUT2D eigenvalue weighted by Crippen LogP contribution is 2.13. The topological polar surface area (TPSA) is 72.5 Å². The minimum atomic E-state index is -0.833. The van der Waals surface area contributed by atoms with Gasteiger partial charge in [0.1, 0.15) is 12.4 Å². The van der Waals surface area contributed by atoms with Crippen LogP contribution in [-0.4, -0.2) is 23.8 Å². The summed E-state index contributed by atoms with van der Waals surface area (Å²) >= 11 is 0. The normalized spacial score (nSPS) is 12.2. The van der Waals surface area contributed by atoms with E-state index in [4.69, 9.17) is 10.8 Å². The molecule has 0 saturated carbocycles. The fraction of sp³-hybridized carbons (Fsp3) is 0.300. The first-order valence-corrected chi connectivity index (χ1v) is 4.41. The molecule has 1 aromatic rings. The lowest BCUT2D eigenvalue weighted by molar-refractivity contribution is 0.0292. The highest BCUT2D eigenvalue weighted by atomic mass is 19.1. The SMILES string of the molecule is CC(O)COC(=O)c1cc(N)ccc1F. The molecule has 0 radical (unpaired) electrons. The molecule has 0 heterocycles. The molecular formula is C10H12FNO3. The van der Waals surface area contributed by atoms with E-state index in [9.17, 15) is 9.18 Å². The van der Waals surface area contributed by atoms with E-state index in [0.717, 1.165) is 6.07 Å². The van der Waals surface area contributed by atoms with Crippen molar-refractivity contribution in [2.75, 3.05) is 12.3 Å². The zero-order valence-corrected chi connectivity index (χ0v) is 8.24. The first kappa shape index (κ1) is 11.5. The largest absolute Gasteiger partial charge is 0.459 e. The molecule has 82 valence electrons. The third kappa shape index (κ3) is 3.21. The van der Waals surface area contributed by atoms with Gasteiger partial charge in [0.25, 0.3) is 0 Å². The minimum Gasteiger partial charge on any atom is -0.459 e.